The van der Waals surface area contributed by atoms with Crippen molar-refractivity contribution in [2.45, 2.75) is 13.3 Å². The van der Waals surface area contributed by atoms with Crippen LogP contribution in [0.1, 0.15) is 23.7 Å². The van der Waals surface area contributed by atoms with Crippen molar-refractivity contribution in [2.75, 3.05) is 17.2 Å². The minimum atomic E-state index is -0.817. The summed E-state index contributed by atoms with van der Waals surface area (Å²) >= 11 is 0. The van der Waals surface area contributed by atoms with E-state index in [-0.39, 0.29) is 17.2 Å². The number of hydrogen-bond acceptors (Lipinski definition) is 4. The van der Waals surface area contributed by atoms with E-state index < -0.39 is 17.5 Å². The van der Waals surface area contributed by atoms with Crippen LogP contribution in [0.5, 0.6) is 0 Å². The smallest absolute Gasteiger partial charge is 0.258 e. The molecule has 1 aromatic heterocycles. The fourth-order valence-electron chi connectivity index (χ4n) is 1.66. The highest BCUT2D eigenvalue weighted by molar-refractivity contribution is 6.03. The summed E-state index contributed by atoms with van der Waals surface area (Å²) in [7, 11) is 0. The molecular formula is C14H14F2N4O. The third kappa shape index (κ3) is 3.71. The van der Waals surface area contributed by atoms with Gasteiger partial charge in [0.1, 0.15) is 17.3 Å². The van der Waals surface area contributed by atoms with Gasteiger partial charge >= 0.3 is 0 Å². The van der Waals surface area contributed by atoms with Crippen molar-refractivity contribution in [1.82, 2.24) is 9.97 Å². The number of amides is 1. The average molecular weight is 292 g/mol. The van der Waals surface area contributed by atoms with Crippen LogP contribution >= 0.6 is 0 Å². The van der Waals surface area contributed by atoms with Crippen molar-refractivity contribution in [3.63, 3.8) is 0 Å². The van der Waals surface area contributed by atoms with Crippen molar-refractivity contribution in [3.8, 4) is 0 Å². The summed E-state index contributed by atoms with van der Waals surface area (Å²) in [5.41, 5.74) is -0.371. The molecule has 0 atom stereocenters. The second kappa shape index (κ2) is 6.74. The lowest BCUT2D eigenvalue weighted by Crippen LogP contribution is -2.15. The Balaban J connectivity index is 2.19. The number of hydrogen-bond donors (Lipinski definition) is 2. The van der Waals surface area contributed by atoms with Crippen LogP contribution < -0.4 is 10.6 Å². The molecular weight excluding hydrogens is 278 g/mol. The molecule has 7 heteroatoms. The molecule has 2 aromatic rings. The molecule has 1 aromatic carbocycles. The highest BCUT2D eigenvalue weighted by atomic mass is 19.1. The largest absolute Gasteiger partial charge is 0.380 e. The minimum absolute atomic E-state index is 0.0662. The van der Waals surface area contributed by atoms with Gasteiger partial charge in [-0.3, -0.25) is 10.1 Å². The molecule has 0 spiro atoms. The van der Waals surface area contributed by atoms with Crippen molar-refractivity contribution in [2.24, 2.45) is 0 Å². The maximum absolute atomic E-state index is 13.8. The molecule has 2 rings (SSSR count). The predicted octanol–water partition coefficient (Wildman–Crippen LogP) is 2.83. The number of rotatable bonds is 5. The first kappa shape index (κ1) is 14.8. The fourth-order valence-corrected chi connectivity index (χ4v) is 1.66. The number of aromatic nitrogens is 2. The molecule has 110 valence electrons. The predicted molar refractivity (Wildman–Crippen MR) is 75.1 cm³/mol. The van der Waals surface area contributed by atoms with E-state index in [0.717, 1.165) is 18.6 Å². The summed E-state index contributed by atoms with van der Waals surface area (Å²) in [6.45, 7) is 2.32. The number of benzene rings is 1. The Bertz CT molecular complexity index is 611. The lowest BCUT2D eigenvalue weighted by atomic mass is 10.1. The molecule has 1 heterocycles. The molecule has 0 unspecified atom stereocenters. The maximum atomic E-state index is 13.8. The minimum Gasteiger partial charge on any atom is -0.380 e. The first-order valence-electron chi connectivity index (χ1n) is 6.43. The van der Waals surface area contributed by atoms with Gasteiger partial charge in [0.2, 0.25) is 5.95 Å². The number of halogens is 2. The number of carbonyl (C=O) groups is 1. The Hall–Kier alpha value is -2.57. The van der Waals surface area contributed by atoms with Gasteiger partial charge in [-0.1, -0.05) is 6.92 Å². The molecule has 0 aliphatic rings. The lowest BCUT2D eigenvalue weighted by Gasteiger charge is -2.09. The Morgan fingerprint density at radius 1 is 1.19 bits per heavy atom. The molecule has 21 heavy (non-hydrogen) atoms. The van der Waals surface area contributed by atoms with Crippen LogP contribution in [-0.4, -0.2) is 22.4 Å². The van der Waals surface area contributed by atoms with Crippen LogP contribution in [0, 0.1) is 11.6 Å². The molecule has 0 aliphatic heterocycles. The number of carbonyl (C=O) groups excluding carboxylic acids is 1. The molecule has 0 aliphatic carbocycles. The third-order valence-corrected chi connectivity index (χ3v) is 2.65. The van der Waals surface area contributed by atoms with E-state index in [4.69, 9.17) is 0 Å². The van der Waals surface area contributed by atoms with Crippen LogP contribution in [0.15, 0.2) is 30.6 Å². The second-order valence-electron chi connectivity index (χ2n) is 4.27. The summed E-state index contributed by atoms with van der Waals surface area (Å²) in [6.07, 6.45) is 3.62. The van der Waals surface area contributed by atoms with Crippen molar-refractivity contribution < 1.29 is 13.6 Å². The zero-order chi connectivity index (χ0) is 15.2. The molecule has 0 saturated carbocycles. The van der Waals surface area contributed by atoms with Gasteiger partial charge < -0.3 is 5.32 Å². The Labute approximate surface area is 120 Å². The van der Waals surface area contributed by atoms with Gasteiger partial charge in [0.05, 0.1) is 0 Å². The van der Waals surface area contributed by atoms with Gasteiger partial charge in [-0.15, -0.1) is 0 Å². The summed E-state index contributed by atoms with van der Waals surface area (Å²) in [6, 6.07) is 3.53. The van der Waals surface area contributed by atoms with Crippen LogP contribution in [0.4, 0.5) is 20.4 Å². The van der Waals surface area contributed by atoms with Gasteiger partial charge in [0, 0.05) is 24.5 Å². The topological polar surface area (TPSA) is 66.9 Å². The van der Waals surface area contributed by atoms with Crippen LogP contribution in [0.25, 0.3) is 0 Å². The summed E-state index contributed by atoms with van der Waals surface area (Å²) in [5.74, 6) is -2.25. The third-order valence-electron chi connectivity index (χ3n) is 2.65. The van der Waals surface area contributed by atoms with Gasteiger partial charge in [-0.2, -0.15) is 0 Å². The van der Waals surface area contributed by atoms with Gasteiger partial charge in [0.15, 0.2) is 0 Å². The zero-order valence-corrected chi connectivity index (χ0v) is 11.4. The average Bonchev–Trinajstić information content (AvgIpc) is 2.47. The standard InChI is InChI=1S/C14H14F2N4O/c1-2-4-17-12-10(15)7-9(8-11(12)16)13(21)20-14-18-5-3-6-19-14/h3,5-8,17H,2,4H2,1H3,(H,18,19,20,21). The highest BCUT2D eigenvalue weighted by Crippen LogP contribution is 2.21. The highest BCUT2D eigenvalue weighted by Gasteiger charge is 2.15. The lowest BCUT2D eigenvalue weighted by molar-refractivity contribution is 0.102. The van der Waals surface area contributed by atoms with E-state index >= 15 is 0 Å². The number of anilines is 2. The summed E-state index contributed by atoms with van der Waals surface area (Å²) < 4.78 is 27.6. The Morgan fingerprint density at radius 3 is 2.38 bits per heavy atom. The first-order chi connectivity index (χ1) is 10.1. The van der Waals surface area contributed by atoms with E-state index in [9.17, 15) is 13.6 Å². The maximum Gasteiger partial charge on any atom is 0.258 e. The van der Waals surface area contributed by atoms with E-state index in [1.165, 1.54) is 12.4 Å². The molecule has 0 radical (unpaired) electrons. The Morgan fingerprint density at radius 2 is 1.81 bits per heavy atom. The van der Waals surface area contributed by atoms with E-state index in [0.29, 0.717) is 6.54 Å². The molecule has 1 amide bonds. The molecule has 5 nitrogen and oxygen atoms in total. The van der Waals surface area contributed by atoms with E-state index in [2.05, 4.69) is 20.6 Å². The van der Waals surface area contributed by atoms with Crippen LogP contribution in [0.3, 0.4) is 0 Å². The van der Waals surface area contributed by atoms with Crippen molar-refractivity contribution in [1.29, 1.82) is 0 Å². The van der Waals surface area contributed by atoms with Crippen molar-refractivity contribution in [3.05, 3.63) is 47.8 Å². The van der Waals surface area contributed by atoms with Gasteiger partial charge in [-0.25, -0.2) is 18.7 Å². The SMILES string of the molecule is CCCNc1c(F)cc(C(=O)Nc2ncccn2)cc1F. The number of nitrogens with zero attached hydrogens (tertiary/aromatic N) is 2. The summed E-state index contributed by atoms with van der Waals surface area (Å²) in [5, 5.41) is 5.00. The van der Waals surface area contributed by atoms with Gasteiger partial charge in [-0.05, 0) is 24.6 Å². The quantitative estimate of drug-likeness (QED) is 0.889. The zero-order valence-electron chi connectivity index (χ0n) is 11.4. The normalized spacial score (nSPS) is 10.2. The first-order valence-corrected chi connectivity index (χ1v) is 6.43. The van der Waals surface area contributed by atoms with Crippen LogP contribution in [0.2, 0.25) is 0 Å². The van der Waals surface area contributed by atoms with Gasteiger partial charge in [0.25, 0.3) is 5.91 Å². The number of nitrogens with one attached hydrogen (secondary N) is 2. The van der Waals surface area contributed by atoms with Crippen LogP contribution in [-0.2, 0) is 0 Å². The molecule has 0 saturated heterocycles. The molecule has 0 fully saturated rings. The molecule has 2 N–H and O–H groups in total. The summed E-state index contributed by atoms with van der Waals surface area (Å²) in [4.78, 5) is 19.5. The van der Waals surface area contributed by atoms with E-state index in [1.54, 1.807) is 6.07 Å². The van der Waals surface area contributed by atoms with Crippen molar-refractivity contribution >= 4 is 17.5 Å². The fraction of sp³-hybridized carbons (Fsp3) is 0.214. The second-order valence-corrected chi connectivity index (χ2v) is 4.27. The Kier molecular flexibility index (Phi) is 4.76. The monoisotopic (exact) mass is 292 g/mol. The van der Waals surface area contributed by atoms with E-state index in [1.807, 2.05) is 6.92 Å². The molecule has 0 bridgehead atoms.